The van der Waals surface area contributed by atoms with E-state index in [2.05, 4.69) is 16.9 Å². The van der Waals surface area contributed by atoms with Crippen LogP contribution in [-0.2, 0) is 0 Å². The van der Waals surface area contributed by atoms with Crippen molar-refractivity contribution in [2.45, 2.75) is 6.10 Å². The third kappa shape index (κ3) is 3.94. The molecule has 0 bridgehead atoms. The van der Waals surface area contributed by atoms with Crippen molar-refractivity contribution in [1.82, 2.24) is 10.3 Å². The second-order valence-electron chi connectivity index (χ2n) is 3.08. The van der Waals surface area contributed by atoms with Gasteiger partial charge in [-0.05, 0) is 18.2 Å². The lowest BCUT2D eigenvalue weighted by Crippen LogP contribution is -2.25. The molecule has 90 valence electrons. The first-order valence-corrected chi connectivity index (χ1v) is 4.89. The largest absolute Gasteiger partial charge is 0.478 e. The third-order valence-corrected chi connectivity index (χ3v) is 1.95. The van der Waals surface area contributed by atoms with Gasteiger partial charge in [-0.15, -0.1) is 0 Å². The van der Waals surface area contributed by atoms with Gasteiger partial charge in [0.1, 0.15) is 11.4 Å². The van der Waals surface area contributed by atoms with Gasteiger partial charge >= 0.3 is 0 Å². The molecular formula is C11H13N3O3. The molecule has 0 aliphatic heterocycles. The van der Waals surface area contributed by atoms with E-state index in [1.807, 2.05) is 0 Å². The summed E-state index contributed by atoms with van der Waals surface area (Å²) in [4.78, 5) is 13.8. The Hall–Kier alpha value is -2.37. The summed E-state index contributed by atoms with van der Waals surface area (Å²) in [7, 11) is 1.58. The molecule has 0 amide bonds. The van der Waals surface area contributed by atoms with Crippen LogP contribution >= 0.6 is 0 Å². The van der Waals surface area contributed by atoms with Crippen LogP contribution in [0.2, 0.25) is 0 Å². The molecule has 6 nitrogen and oxygen atoms in total. The molecule has 1 aromatic rings. The van der Waals surface area contributed by atoms with Gasteiger partial charge in [-0.2, -0.15) is 0 Å². The Balaban J connectivity index is 2.84. The summed E-state index contributed by atoms with van der Waals surface area (Å²) in [5.74, 6) is 0.516. The van der Waals surface area contributed by atoms with Gasteiger partial charge in [0.05, 0.1) is 11.1 Å². The van der Waals surface area contributed by atoms with E-state index in [4.69, 9.17) is 4.74 Å². The predicted molar refractivity (Wildman–Crippen MR) is 63.0 cm³/mol. The van der Waals surface area contributed by atoms with Gasteiger partial charge in [0.15, 0.2) is 6.10 Å². The Morgan fingerprint density at radius 3 is 3.00 bits per heavy atom. The van der Waals surface area contributed by atoms with E-state index in [9.17, 15) is 10.1 Å². The van der Waals surface area contributed by atoms with Gasteiger partial charge in [0.25, 0.3) is 6.20 Å². The third-order valence-electron chi connectivity index (χ3n) is 1.95. The number of pyridine rings is 1. The quantitative estimate of drug-likeness (QED) is 0.457. The van der Waals surface area contributed by atoms with Crippen molar-refractivity contribution in [1.29, 1.82) is 0 Å². The highest BCUT2D eigenvalue weighted by atomic mass is 16.6. The van der Waals surface area contributed by atoms with E-state index in [0.29, 0.717) is 11.4 Å². The summed E-state index contributed by atoms with van der Waals surface area (Å²) in [5, 5.41) is 13.1. The van der Waals surface area contributed by atoms with Crippen molar-refractivity contribution in [2.75, 3.05) is 7.05 Å². The van der Waals surface area contributed by atoms with Crippen LogP contribution in [0.25, 0.3) is 0 Å². The molecule has 0 radical (unpaired) electrons. The van der Waals surface area contributed by atoms with Crippen molar-refractivity contribution in [3.8, 4) is 5.75 Å². The molecule has 0 saturated heterocycles. The van der Waals surface area contributed by atoms with Crippen molar-refractivity contribution in [2.24, 2.45) is 0 Å². The molecule has 1 atom stereocenters. The van der Waals surface area contributed by atoms with Gasteiger partial charge < -0.3 is 10.1 Å². The van der Waals surface area contributed by atoms with Crippen LogP contribution in [0.15, 0.2) is 49.1 Å². The minimum atomic E-state index is -0.616. The van der Waals surface area contributed by atoms with Crippen LogP contribution in [0.3, 0.4) is 0 Å². The molecule has 0 fully saturated rings. The number of hydrogen-bond acceptors (Lipinski definition) is 5. The van der Waals surface area contributed by atoms with E-state index in [-0.39, 0.29) is 0 Å². The van der Waals surface area contributed by atoms with E-state index < -0.39 is 11.0 Å². The molecule has 0 aromatic carbocycles. The lowest BCUT2D eigenvalue weighted by Gasteiger charge is -2.16. The molecule has 1 aromatic heterocycles. The number of nitrogens with one attached hydrogen (secondary N) is 1. The summed E-state index contributed by atoms with van der Waals surface area (Å²) >= 11 is 0. The van der Waals surface area contributed by atoms with Crippen LogP contribution in [0.4, 0.5) is 0 Å². The van der Waals surface area contributed by atoms with Gasteiger partial charge in [-0.3, -0.25) is 15.1 Å². The number of aromatic nitrogens is 1. The average molecular weight is 235 g/mol. The Morgan fingerprint density at radius 1 is 1.76 bits per heavy atom. The van der Waals surface area contributed by atoms with Crippen molar-refractivity contribution < 1.29 is 9.66 Å². The molecule has 1 N–H and O–H groups in total. The summed E-state index contributed by atoms with van der Waals surface area (Å²) in [5.41, 5.74) is 0.314. The lowest BCUT2D eigenvalue weighted by atomic mass is 10.2. The lowest BCUT2D eigenvalue weighted by molar-refractivity contribution is -0.404. The molecule has 6 heteroatoms. The topological polar surface area (TPSA) is 77.3 Å². The molecule has 17 heavy (non-hydrogen) atoms. The van der Waals surface area contributed by atoms with Gasteiger partial charge in [0.2, 0.25) is 0 Å². The Bertz CT molecular complexity index is 417. The zero-order chi connectivity index (χ0) is 12.7. The van der Waals surface area contributed by atoms with Crippen molar-refractivity contribution in [3.63, 3.8) is 0 Å². The second kappa shape index (κ2) is 6.26. The predicted octanol–water partition coefficient (Wildman–Crippen LogP) is 1.35. The number of nitro groups is 1. The average Bonchev–Trinajstić information content (AvgIpc) is 2.34. The molecular weight excluding hydrogens is 222 g/mol. The minimum absolute atomic E-state index is 0.314. The van der Waals surface area contributed by atoms with E-state index in [0.717, 1.165) is 6.20 Å². The number of hydrogen-bond donors (Lipinski definition) is 1. The summed E-state index contributed by atoms with van der Waals surface area (Å²) < 4.78 is 5.50. The van der Waals surface area contributed by atoms with E-state index >= 15 is 0 Å². The molecule has 0 saturated carbocycles. The summed E-state index contributed by atoms with van der Waals surface area (Å²) in [6, 6.07) is 3.43. The monoisotopic (exact) mass is 235 g/mol. The Labute approximate surface area is 98.8 Å². The maximum Gasteiger partial charge on any atom is 0.257 e. The highest BCUT2D eigenvalue weighted by molar-refractivity contribution is 5.20. The fraction of sp³-hybridized carbons (Fsp3) is 0.182. The fourth-order valence-corrected chi connectivity index (χ4v) is 1.20. The van der Waals surface area contributed by atoms with Crippen LogP contribution in [-0.4, -0.2) is 23.1 Å². The first-order chi connectivity index (χ1) is 8.17. The number of likely N-dealkylation sites (N-methyl/N-ethyl adjacent to an activating group) is 1. The van der Waals surface area contributed by atoms with Crippen LogP contribution < -0.4 is 10.1 Å². The van der Waals surface area contributed by atoms with E-state index in [1.165, 1.54) is 12.3 Å². The zero-order valence-corrected chi connectivity index (χ0v) is 9.37. The Kier molecular flexibility index (Phi) is 4.68. The highest BCUT2D eigenvalue weighted by Gasteiger charge is 2.14. The van der Waals surface area contributed by atoms with Gasteiger partial charge in [0, 0.05) is 13.2 Å². The zero-order valence-electron chi connectivity index (χ0n) is 9.37. The van der Waals surface area contributed by atoms with Gasteiger partial charge in [-0.1, -0.05) is 6.58 Å². The standard InChI is InChI=1S/C11H13N3O3/c1-3-11(10(12-2)8-14(15)16)17-9-5-4-6-13-7-9/h3-8,11-12H,1H2,2H3/b10-8-. The molecule has 0 aliphatic rings. The SMILES string of the molecule is C=CC(Oc1cccnc1)/C(=C/[N+](=O)[O-])NC. The number of rotatable bonds is 6. The molecule has 1 unspecified atom stereocenters. The molecule has 0 spiro atoms. The Morgan fingerprint density at radius 2 is 2.53 bits per heavy atom. The van der Waals surface area contributed by atoms with E-state index in [1.54, 1.807) is 25.4 Å². The smallest absolute Gasteiger partial charge is 0.257 e. The number of ether oxygens (including phenoxy) is 1. The molecule has 0 aliphatic carbocycles. The molecule has 1 rings (SSSR count). The minimum Gasteiger partial charge on any atom is -0.478 e. The first-order valence-electron chi connectivity index (χ1n) is 4.89. The summed E-state index contributed by atoms with van der Waals surface area (Å²) in [6.45, 7) is 3.58. The van der Waals surface area contributed by atoms with Gasteiger partial charge in [-0.25, -0.2) is 0 Å². The highest BCUT2D eigenvalue weighted by Crippen LogP contribution is 2.13. The summed E-state index contributed by atoms with van der Waals surface area (Å²) in [6.07, 6.45) is 4.84. The fourth-order valence-electron chi connectivity index (χ4n) is 1.20. The number of nitrogens with zero attached hydrogens (tertiary/aromatic N) is 2. The van der Waals surface area contributed by atoms with Crippen molar-refractivity contribution >= 4 is 0 Å². The maximum atomic E-state index is 10.4. The van der Waals surface area contributed by atoms with Crippen LogP contribution in [0.1, 0.15) is 0 Å². The second-order valence-corrected chi connectivity index (χ2v) is 3.08. The maximum absolute atomic E-state index is 10.4. The molecule has 1 heterocycles. The van der Waals surface area contributed by atoms with Crippen LogP contribution in [0.5, 0.6) is 5.75 Å². The first kappa shape index (κ1) is 12.7. The van der Waals surface area contributed by atoms with Crippen LogP contribution in [0, 0.1) is 10.1 Å². The normalized spacial score (nSPS) is 12.6. The van der Waals surface area contributed by atoms with Crippen molar-refractivity contribution in [3.05, 3.63) is 59.2 Å².